The third kappa shape index (κ3) is 5.17. The van der Waals surface area contributed by atoms with Crippen LogP contribution in [0, 0.1) is 13.8 Å². The summed E-state index contributed by atoms with van der Waals surface area (Å²) in [7, 11) is 1.61. The van der Waals surface area contributed by atoms with Crippen LogP contribution < -0.4 is 15.6 Å². The topological polar surface area (TPSA) is 109 Å². The van der Waals surface area contributed by atoms with Crippen LogP contribution in [0.3, 0.4) is 0 Å². The molecule has 0 aliphatic carbocycles. The van der Waals surface area contributed by atoms with Gasteiger partial charge in [0.2, 0.25) is 0 Å². The molecule has 0 saturated heterocycles. The molecular weight excluding hydrogens is 495 g/mol. The molecule has 3 N–H and O–H groups in total. The van der Waals surface area contributed by atoms with Crippen molar-refractivity contribution in [2.75, 3.05) is 0 Å². The number of aliphatic hydroxyl groups is 1. The Balaban J connectivity index is 1.96. The van der Waals surface area contributed by atoms with Gasteiger partial charge in [-0.15, -0.1) is 11.3 Å². The number of carbonyl (C=O) groups is 1. The monoisotopic (exact) mass is 526 g/mol. The molecule has 4 aromatic heterocycles. The number of ether oxygens (including phenoxy) is 1. The summed E-state index contributed by atoms with van der Waals surface area (Å²) in [4.78, 5) is 33.7. The van der Waals surface area contributed by atoms with E-state index in [0.29, 0.717) is 33.0 Å². The highest BCUT2D eigenvalue weighted by Gasteiger charge is 2.32. The lowest BCUT2D eigenvalue weighted by molar-refractivity contribution is -0.00260. The van der Waals surface area contributed by atoms with Crippen LogP contribution in [0.4, 0.5) is 4.39 Å². The number of H-pyrrole nitrogens is 1. The molecule has 0 saturated carbocycles. The van der Waals surface area contributed by atoms with Gasteiger partial charge in [-0.3, -0.25) is 14.6 Å². The molecule has 8 nitrogen and oxygen atoms in total. The highest BCUT2D eigenvalue weighted by atomic mass is 32.1. The molecule has 1 amide bonds. The van der Waals surface area contributed by atoms with Crippen LogP contribution in [0.25, 0.3) is 21.3 Å². The number of carbonyl (C=O) groups excluding carboxylic acids is 1. The fourth-order valence-electron chi connectivity index (χ4n) is 4.05. The summed E-state index contributed by atoms with van der Waals surface area (Å²) in [5.74, 6) is 0.564. The molecular formula is C27H31FN4O4S. The summed E-state index contributed by atoms with van der Waals surface area (Å²) >= 11 is 1.13. The van der Waals surface area contributed by atoms with Crippen molar-refractivity contribution in [2.24, 2.45) is 7.05 Å². The van der Waals surface area contributed by atoms with E-state index < -0.39 is 11.8 Å². The summed E-state index contributed by atoms with van der Waals surface area (Å²) in [6, 6.07) is 4.93. The lowest BCUT2D eigenvalue weighted by atomic mass is 10.0. The number of rotatable bonds is 7. The van der Waals surface area contributed by atoms with Gasteiger partial charge in [-0.2, -0.15) is 0 Å². The number of nitrogens with one attached hydrogen (secondary N) is 2. The van der Waals surface area contributed by atoms with Crippen molar-refractivity contribution in [3.05, 3.63) is 62.8 Å². The zero-order valence-corrected chi connectivity index (χ0v) is 22.7. The van der Waals surface area contributed by atoms with E-state index in [0.717, 1.165) is 16.9 Å². The second-order valence-electron chi connectivity index (χ2n) is 10.1. The van der Waals surface area contributed by atoms with Crippen LogP contribution >= 0.6 is 11.3 Å². The Labute approximate surface area is 218 Å². The van der Waals surface area contributed by atoms with Gasteiger partial charge in [-0.25, -0.2) is 4.39 Å². The fourth-order valence-corrected chi connectivity index (χ4v) is 5.32. The van der Waals surface area contributed by atoms with Gasteiger partial charge in [-0.1, -0.05) is 0 Å². The first-order valence-corrected chi connectivity index (χ1v) is 12.7. The highest BCUT2D eigenvalue weighted by Crippen LogP contribution is 2.47. The number of thiophene rings is 1. The van der Waals surface area contributed by atoms with Crippen molar-refractivity contribution in [1.29, 1.82) is 0 Å². The molecule has 1 atom stereocenters. The Kier molecular flexibility index (Phi) is 7.00. The zero-order valence-electron chi connectivity index (χ0n) is 21.9. The molecule has 0 fully saturated rings. The largest absolute Gasteiger partial charge is 0.454 e. The van der Waals surface area contributed by atoms with Crippen LogP contribution in [0.15, 0.2) is 35.4 Å². The fraction of sp³-hybridized carbons (Fsp3) is 0.370. The minimum atomic E-state index is -1.67. The molecule has 0 aliphatic heterocycles. The first-order chi connectivity index (χ1) is 17.3. The average Bonchev–Trinajstić information content (AvgIpc) is 3.42. The summed E-state index contributed by atoms with van der Waals surface area (Å²) in [5.41, 5.74) is 0.678. The quantitative estimate of drug-likeness (QED) is 0.302. The SMILES string of the molecule is Cc1ccnc(C)c1Oc1cc(C(F)C(C)(C)O)sc1-c1cn(C)c(=O)c2[nH]c(C(=O)NC(C)C)cc12. The molecule has 196 valence electrons. The predicted octanol–water partition coefficient (Wildman–Crippen LogP) is 5.32. The van der Waals surface area contributed by atoms with Gasteiger partial charge in [0.1, 0.15) is 17.0 Å². The molecule has 0 radical (unpaired) electrons. The van der Waals surface area contributed by atoms with Gasteiger partial charge in [0.15, 0.2) is 11.9 Å². The van der Waals surface area contributed by atoms with Crippen molar-refractivity contribution in [2.45, 2.75) is 59.4 Å². The number of alkyl halides is 1. The van der Waals surface area contributed by atoms with E-state index >= 15 is 4.39 Å². The smallest absolute Gasteiger partial charge is 0.274 e. The van der Waals surface area contributed by atoms with E-state index in [-0.39, 0.29) is 33.6 Å². The van der Waals surface area contributed by atoms with E-state index in [2.05, 4.69) is 15.3 Å². The third-order valence-corrected chi connectivity index (χ3v) is 7.14. The maximum Gasteiger partial charge on any atom is 0.274 e. The maximum atomic E-state index is 15.3. The number of halogens is 1. The molecule has 10 heteroatoms. The number of hydrogen-bond donors (Lipinski definition) is 3. The Bertz CT molecular complexity index is 1520. The first-order valence-electron chi connectivity index (χ1n) is 11.9. The summed E-state index contributed by atoms with van der Waals surface area (Å²) < 4.78 is 23.0. The molecule has 4 rings (SSSR count). The van der Waals surface area contributed by atoms with Crippen molar-refractivity contribution in [3.8, 4) is 21.9 Å². The van der Waals surface area contributed by atoms with Crippen molar-refractivity contribution in [1.82, 2.24) is 19.9 Å². The van der Waals surface area contributed by atoms with E-state index in [1.54, 1.807) is 31.6 Å². The molecule has 4 aromatic rings. The lowest BCUT2D eigenvalue weighted by Crippen LogP contribution is -2.30. The molecule has 0 bridgehead atoms. The minimum absolute atomic E-state index is 0.0876. The number of fused-ring (bicyclic) bond motifs is 1. The van der Waals surface area contributed by atoms with Crippen LogP contribution in [-0.4, -0.2) is 37.2 Å². The molecule has 0 aliphatic rings. The predicted molar refractivity (Wildman–Crippen MR) is 143 cm³/mol. The van der Waals surface area contributed by atoms with Crippen LogP contribution in [-0.2, 0) is 7.05 Å². The summed E-state index contributed by atoms with van der Waals surface area (Å²) in [6.07, 6.45) is 1.65. The van der Waals surface area contributed by atoms with Gasteiger partial charge in [0, 0.05) is 41.3 Å². The van der Waals surface area contributed by atoms with Gasteiger partial charge in [0.25, 0.3) is 11.5 Å². The number of hydrogen-bond acceptors (Lipinski definition) is 6. The van der Waals surface area contributed by atoms with Crippen LogP contribution in [0.5, 0.6) is 11.5 Å². The third-order valence-electron chi connectivity index (χ3n) is 5.95. The van der Waals surface area contributed by atoms with E-state index in [9.17, 15) is 14.7 Å². The normalized spacial score (nSPS) is 12.8. The Morgan fingerprint density at radius 1 is 1.30 bits per heavy atom. The summed E-state index contributed by atoms with van der Waals surface area (Å²) in [5, 5.41) is 13.7. The maximum absolute atomic E-state index is 15.3. The number of aromatic amines is 1. The summed E-state index contributed by atoms with van der Waals surface area (Å²) in [6.45, 7) is 10.2. The highest BCUT2D eigenvalue weighted by molar-refractivity contribution is 7.16. The second kappa shape index (κ2) is 9.75. The van der Waals surface area contributed by atoms with Crippen molar-refractivity contribution in [3.63, 3.8) is 0 Å². The number of amides is 1. The lowest BCUT2D eigenvalue weighted by Gasteiger charge is -2.20. The molecule has 4 heterocycles. The van der Waals surface area contributed by atoms with Gasteiger partial charge < -0.3 is 24.7 Å². The van der Waals surface area contributed by atoms with Gasteiger partial charge >= 0.3 is 0 Å². The van der Waals surface area contributed by atoms with Crippen molar-refractivity contribution >= 4 is 28.1 Å². The second-order valence-corrected chi connectivity index (χ2v) is 11.1. The molecule has 1 unspecified atom stereocenters. The Morgan fingerprint density at radius 2 is 2.00 bits per heavy atom. The minimum Gasteiger partial charge on any atom is -0.454 e. The standard InChI is InChI=1S/C27H31FN4O4S/c1-13(2)30-25(33)18-10-16-17(12-32(7)26(34)21(16)31-18)23-19(11-20(37-23)24(28)27(5,6)35)36-22-14(3)8-9-29-15(22)4/h8-13,24,31,35H,1-7H3,(H,30,33). The van der Waals surface area contributed by atoms with E-state index in [4.69, 9.17) is 4.74 Å². The molecule has 0 aromatic carbocycles. The Hall–Kier alpha value is -3.50. The molecule has 37 heavy (non-hydrogen) atoms. The average molecular weight is 527 g/mol. The number of aryl methyl sites for hydroxylation is 3. The van der Waals surface area contributed by atoms with Crippen molar-refractivity contribution < 1.29 is 19.0 Å². The number of aromatic nitrogens is 3. The van der Waals surface area contributed by atoms with E-state index in [1.807, 2.05) is 33.8 Å². The van der Waals surface area contributed by atoms with Gasteiger partial charge in [-0.05, 0) is 65.3 Å². The first kappa shape index (κ1) is 26.6. The zero-order chi connectivity index (χ0) is 27.2. The Morgan fingerprint density at radius 3 is 2.62 bits per heavy atom. The van der Waals surface area contributed by atoms with E-state index in [1.165, 1.54) is 18.4 Å². The van der Waals surface area contributed by atoms with Crippen LogP contribution in [0.2, 0.25) is 0 Å². The van der Waals surface area contributed by atoms with Crippen LogP contribution in [0.1, 0.15) is 60.5 Å². The molecule has 0 spiro atoms. The number of nitrogens with zero attached hydrogens (tertiary/aromatic N) is 2. The van der Waals surface area contributed by atoms with Gasteiger partial charge in [0.05, 0.1) is 16.2 Å². The number of pyridine rings is 2.